The highest BCUT2D eigenvalue weighted by atomic mass is 16.3. The molecule has 3 heterocycles. The van der Waals surface area contributed by atoms with Crippen molar-refractivity contribution < 1.29 is 5.11 Å². The van der Waals surface area contributed by atoms with Crippen molar-refractivity contribution in [2.45, 2.75) is 31.8 Å². The molecule has 5 rings (SSSR count). The molecule has 3 aliphatic rings. The standard InChI is InChI=1S/C18H22N4O/c23-15-11-22(12-18(15)7-8-18)17-16(21-9-3-4-10-21)19-13-5-1-2-6-14(13)20-17/h1-2,5-6,15,23H,3-4,7-12H2. The molecule has 2 aromatic rings. The number of rotatable bonds is 2. The van der Waals surface area contributed by atoms with Crippen molar-refractivity contribution in [3.05, 3.63) is 24.3 Å². The summed E-state index contributed by atoms with van der Waals surface area (Å²) in [5.41, 5.74) is 2.03. The van der Waals surface area contributed by atoms with Crippen LogP contribution in [-0.4, -0.2) is 47.4 Å². The average molecular weight is 310 g/mol. The summed E-state index contributed by atoms with van der Waals surface area (Å²) in [5.74, 6) is 1.97. The first-order valence-electron chi connectivity index (χ1n) is 8.70. The van der Waals surface area contributed by atoms with E-state index in [1.165, 1.54) is 12.8 Å². The molecule has 1 spiro atoms. The highest BCUT2D eigenvalue weighted by molar-refractivity contribution is 5.81. The summed E-state index contributed by atoms with van der Waals surface area (Å²) in [4.78, 5) is 14.5. The van der Waals surface area contributed by atoms with E-state index in [1.54, 1.807) is 0 Å². The summed E-state index contributed by atoms with van der Waals surface area (Å²) in [7, 11) is 0. The van der Waals surface area contributed by atoms with Gasteiger partial charge in [-0.3, -0.25) is 0 Å². The Morgan fingerprint density at radius 2 is 1.57 bits per heavy atom. The van der Waals surface area contributed by atoms with E-state index in [4.69, 9.17) is 9.97 Å². The Morgan fingerprint density at radius 1 is 0.957 bits per heavy atom. The molecule has 1 aromatic heterocycles. The van der Waals surface area contributed by atoms with E-state index >= 15 is 0 Å². The number of para-hydroxylation sites is 2. The lowest BCUT2D eigenvalue weighted by Crippen LogP contribution is -2.28. The summed E-state index contributed by atoms with van der Waals surface area (Å²) in [6, 6.07) is 8.09. The van der Waals surface area contributed by atoms with Crippen LogP contribution in [0.1, 0.15) is 25.7 Å². The molecule has 5 nitrogen and oxygen atoms in total. The van der Waals surface area contributed by atoms with Gasteiger partial charge < -0.3 is 14.9 Å². The third-order valence-corrected chi connectivity index (χ3v) is 5.74. The molecule has 3 fully saturated rings. The average Bonchev–Trinajstić information content (AvgIpc) is 3.02. The molecule has 2 aliphatic heterocycles. The number of aliphatic hydroxyl groups excluding tert-OH is 1. The van der Waals surface area contributed by atoms with Crippen LogP contribution in [0, 0.1) is 5.41 Å². The Balaban J connectivity index is 1.61. The van der Waals surface area contributed by atoms with Gasteiger partial charge in [0.15, 0.2) is 11.6 Å². The molecule has 1 unspecified atom stereocenters. The minimum Gasteiger partial charge on any atom is -0.391 e. The lowest BCUT2D eigenvalue weighted by molar-refractivity contribution is 0.136. The fourth-order valence-electron chi connectivity index (χ4n) is 4.10. The molecule has 23 heavy (non-hydrogen) atoms. The second-order valence-corrected chi connectivity index (χ2v) is 7.31. The highest BCUT2D eigenvalue weighted by Crippen LogP contribution is 2.54. The molecule has 0 amide bonds. The number of hydrogen-bond acceptors (Lipinski definition) is 5. The second kappa shape index (κ2) is 4.81. The zero-order chi connectivity index (χ0) is 15.4. The van der Waals surface area contributed by atoms with E-state index < -0.39 is 0 Å². The number of nitrogens with zero attached hydrogens (tertiary/aromatic N) is 4. The Labute approximate surface area is 135 Å². The summed E-state index contributed by atoms with van der Waals surface area (Å²) in [6.45, 7) is 3.72. The molecule has 1 saturated carbocycles. The van der Waals surface area contributed by atoms with Gasteiger partial charge in [0.25, 0.3) is 0 Å². The lowest BCUT2D eigenvalue weighted by atomic mass is 10.0. The molecule has 5 heteroatoms. The van der Waals surface area contributed by atoms with Gasteiger partial charge in [0.1, 0.15) is 0 Å². The number of anilines is 2. The summed E-state index contributed by atoms with van der Waals surface area (Å²) in [5, 5.41) is 10.4. The van der Waals surface area contributed by atoms with Gasteiger partial charge in [-0.15, -0.1) is 0 Å². The lowest BCUT2D eigenvalue weighted by Gasteiger charge is -2.25. The number of aromatic nitrogens is 2. The van der Waals surface area contributed by atoms with Crippen molar-refractivity contribution in [2.24, 2.45) is 5.41 Å². The van der Waals surface area contributed by atoms with Crippen LogP contribution in [0.4, 0.5) is 11.6 Å². The third-order valence-electron chi connectivity index (χ3n) is 5.74. The molecule has 0 radical (unpaired) electrons. The maximum atomic E-state index is 10.4. The molecule has 2 saturated heterocycles. The third kappa shape index (κ3) is 2.10. The fourth-order valence-corrected chi connectivity index (χ4v) is 4.10. The van der Waals surface area contributed by atoms with Crippen LogP contribution >= 0.6 is 0 Å². The van der Waals surface area contributed by atoms with Gasteiger partial charge in [-0.25, -0.2) is 9.97 Å². The summed E-state index contributed by atoms with van der Waals surface area (Å²) in [6.07, 6.45) is 4.51. The Bertz CT molecular complexity index is 752. The minimum atomic E-state index is -0.220. The van der Waals surface area contributed by atoms with Crippen molar-refractivity contribution in [2.75, 3.05) is 36.0 Å². The Hall–Kier alpha value is -1.88. The predicted octanol–water partition coefficient (Wildman–Crippen LogP) is 2.19. The zero-order valence-corrected chi connectivity index (χ0v) is 13.3. The smallest absolute Gasteiger partial charge is 0.172 e. The molecule has 1 aliphatic carbocycles. The molecule has 1 aromatic carbocycles. The van der Waals surface area contributed by atoms with Crippen molar-refractivity contribution in [1.82, 2.24) is 9.97 Å². The van der Waals surface area contributed by atoms with E-state index in [2.05, 4.69) is 9.80 Å². The maximum Gasteiger partial charge on any atom is 0.172 e. The summed E-state index contributed by atoms with van der Waals surface area (Å²) < 4.78 is 0. The maximum absolute atomic E-state index is 10.4. The van der Waals surface area contributed by atoms with E-state index in [9.17, 15) is 5.11 Å². The van der Waals surface area contributed by atoms with E-state index in [1.807, 2.05) is 24.3 Å². The predicted molar refractivity (Wildman–Crippen MR) is 90.9 cm³/mol. The number of benzene rings is 1. The van der Waals surface area contributed by atoms with Crippen LogP contribution in [-0.2, 0) is 0 Å². The first kappa shape index (κ1) is 13.5. The molecule has 1 atom stereocenters. The van der Waals surface area contributed by atoms with Crippen LogP contribution in [0.5, 0.6) is 0 Å². The van der Waals surface area contributed by atoms with Crippen molar-refractivity contribution in [1.29, 1.82) is 0 Å². The van der Waals surface area contributed by atoms with Gasteiger partial charge in [-0.1, -0.05) is 12.1 Å². The highest BCUT2D eigenvalue weighted by Gasteiger charge is 2.55. The number of fused-ring (bicyclic) bond motifs is 1. The van der Waals surface area contributed by atoms with Gasteiger partial charge >= 0.3 is 0 Å². The van der Waals surface area contributed by atoms with E-state index in [-0.39, 0.29) is 11.5 Å². The zero-order valence-electron chi connectivity index (χ0n) is 13.3. The SMILES string of the molecule is OC1CN(c2nc3ccccc3nc2N2CCCC2)CC12CC2. The topological polar surface area (TPSA) is 52.5 Å². The van der Waals surface area contributed by atoms with E-state index in [0.29, 0.717) is 6.54 Å². The first-order chi connectivity index (χ1) is 11.3. The number of hydrogen-bond donors (Lipinski definition) is 1. The summed E-state index contributed by atoms with van der Waals surface area (Å²) >= 11 is 0. The minimum absolute atomic E-state index is 0.135. The van der Waals surface area contributed by atoms with Gasteiger partial charge in [-0.2, -0.15) is 0 Å². The van der Waals surface area contributed by atoms with Crippen LogP contribution in [0.3, 0.4) is 0 Å². The Morgan fingerprint density at radius 3 is 2.13 bits per heavy atom. The monoisotopic (exact) mass is 310 g/mol. The van der Waals surface area contributed by atoms with Crippen LogP contribution < -0.4 is 9.80 Å². The van der Waals surface area contributed by atoms with Gasteiger partial charge in [0.2, 0.25) is 0 Å². The molecule has 120 valence electrons. The van der Waals surface area contributed by atoms with Crippen LogP contribution in [0.2, 0.25) is 0 Å². The fraction of sp³-hybridized carbons (Fsp3) is 0.556. The molecular formula is C18H22N4O. The molecule has 0 bridgehead atoms. The van der Waals surface area contributed by atoms with Crippen LogP contribution in [0.25, 0.3) is 11.0 Å². The van der Waals surface area contributed by atoms with Crippen LogP contribution in [0.15, 0.2) is 24.3 Å². The van der Waals surface area contributed by atoms with Crippen molar-refractivity contribution in [3.8, 4) is 0 Å². The normalized spacial score (nSPS) is 25.7. The van der Waals surface area contributed by atoms with Crippen molar-refractivity contribution in [3.63, 3.8) is 0 Å². The first-order valence-corrected chi connectivity index (χ1v) is 8.70. The Kier molecular flexibility index (Phi) is 2.83. The van der Waals surface area contributed by atoms with Gasteiger partial charge in [0.05, 0.1) is 17.1 Å². The van der Waals surface area contributed by atoms with E-state index in [0.717, 1.165) is 55.1 Å². The second-order valence-electron chi connectivity index (χ2n) is 7.31. The quantitative estimate of drug-likeness (QED) is 0.921. The van der Waals surface area contributed by atoms with Gasteiger partial charge in [0, 0.05) is 31.6 Å². The molecule has 1 N–H and O–H groups in total. The number of β-amino-alcohol motifs (C(OH)–C–C–N with tert-alkyl or cyclic N) is 1. The van der Waals surface area contributed by atoms with Gasteiger partial charge in [-0.05, 0) is 37.8 Å². The number of aliphatic hydroxyl groups is 1. The van der Waals surface area contributed by atoms with Crippen molar-refractivity contribution >= 4 is 22.7 Å². The largest absolute Gasteiger partial charge is 0.391 e. The molecular weight excluding hydrogens is 288 g/mol.